The van der Waals surface area contributed by atoms with Gasteiger partial charge in [-0.25, -0.2) is 8.78 Å². The zero-order chi connectivity index (χ0) is 33.0. The van der Waals surface area contributed by atoms with Gasteiger partial charge in [-0.15, -0.1) is 0 Å². The first-order valence-electron chi connectivity index (χ1n) is 15.6. The quantitative estimate of drug-likeness (QED) is 0.224. The minimum Gasteiger partial charge on any atom is -0.493 e. The maximum atomic E-state index is 14.0. The number of carbonyl (C=O) groups excluding carboxylic acids is 1. The number of nitrogens with zero attached hydrogens (tertiary/aromatic N) is 1. The third-order valence-corrected chi connectivity index (χ3v) is 9.46. The number of rotatable bonds is 13. The normalized spacial score (nSPS) is 22.8. The van der Waals surface area contributed by atoms with E-state index >= 15 is 0 Å². The number of likely N-dealkylation sites (tertiary alicyclic amines) is 1. The molecule has 1 amide bonds. The molecular weight excluding hydrogens is 616 g/mol. The summed E-state index contributed by atoms with van der Waals surface area (Å²) in [6.07, 6.45) is 1.34. The van der Waals surface area contributed by atoms with Crippen molar-refractivity contribution in [1.29, 1.82) is 0 Å². The highest BCUT2D eigenvalue weighted by molar-refractivity contribution is 5.96. The first kappa shape index (κ1) is 30.8. The van der Waals surface area contributed by atoms with Gasteiger partial charge in [-0.05, 0) is 71.5 Å². The Kier molecular flexibility index (Phi) is 7.48. The van der Waals surface area contributed by atoms with Crippen LogP contribution in [0.25, 0.3) is 11.1 Å². The summed E-state index contributed by atoms with van der Waals surface area (Å²) in [6, 6.07) is 16.0. The number of hydrogen-bond donors (Lipinski definition) is 2. The SMILES string of the molecule is O=C(O)CCCOc1cccc(C23CC2(Oc2cc(C(=O)N4CCC(F)(F)C4)cc(-c4ccc5c(c4)OCO5)c2)C3)c1CCC(=O)O. The van der Waals surface area contributed by atoms with E-state index in [2.05, 4.69) is 0 Å². The van der Waals surface area contributed by atoms with Crippen LogP contribution >= 0.6 is 0 Å². The van der Waals surface area contributed by atoms with Crippen molar-refractivity contribution in [2.24, 2.45) is 0 Å². The molecule has 3 aromatic carbocycles. The number of carboxylic acids is 2. The van der Waals surface area contributed by atoms with Crippen LogP contribution in [0.2, 0.25) is 0 Å². The van der Waals surface area contributed by atoms with Crippen molar-refractivity contribution in [3.05, 3.63) is 71.3 Å². The molecule has 47 heavy (non-hydrogen) atoms. The molecule has 4 aliphatic rings. The highest BCUT2D eigenvalue weighted by Crippen LogP contribution is 2.81. The lowest BCUT2D eigenvalue weighted by atomic mass is 9.93. The number of alkyl halides is 2. The Morgan fingerprint density at radius 1 is 0.915 bits per heavy atom. The predicted octanol–water partition coefficient (Wildman–Crippen LogP) is 5.69. The molecule has 0 radical (unpaired) electrons. The van der Waals surface area contributed by atoms with E-state index in [1.165, 1.54) is 0 Å². The molecule has 1 saturated heterocycles. The van der Waals surface area contributed by atoms with Crippen LogP contribution in [-0.2, 0) is 21.4 Å². The topological polar surface area (TPSA) is 132 Å². The van der Waals surface area contributed by atoms with Crippen LogP contribution in [0.4, 0.5) is 8.78 Å². The summed E-state index contributed by atoms with van der Waals surface area (Å²) in [5.74, 6) is -3.21. The molecule has 2 heterocycles. The van der Waals surface area contributed by atoms with E-state index in [1.54, 1.807) is 30.3 Å². The molecule has 3 aromatic rings. The first-order valence-corrected chi connectivity index (χ1v) is 15.6. The molecule has 2 N–H and O–H groups in total. The molecule has 2 saturated carbocycles. The average molecular weight is 650 g/mol. The van der Waals surface area contributed by atoms with E-state index in [0.717, 1.165) is 21.6 Å². The van der Waals surface area contributed by atoms with E-state index in [4.69, 9.17) is 24.1 Å². The van der Waals surface area contributed by atoms with Crippen molar-refractivity contribution in [1.82, 2.24) is 4.90 Å². The Bertz CT molecular complexity index is 1770. The molecule has 3 fully saturated rings. The number of carbonyl (C=O) groups is 3. The number of hydrogen-bond acceptors (Lipinski definition) is 7. The Hall–Kier alpha value is -4.87. The second kappa shape index (κ2) is 11.4. The van der Waals surface area contributed by atoms with E-state index in [1.807, 2.05) is 24.3 Å². The van der Waals surface area contributed by atoms with Gasteiger partial charge < -0.3 is 34.1 Å². The number of amides is 1. The van der Waals surface area contributed by atoms with Crippen LogP contribution < -0.4 is 18.9 Å². The third kappa shape index (κ3) is 5.92. The zero-order valence-electron chi connectivity index (χ0n) is 25.4. The molecule has 2 aliphatic heterocycles. The molecule has 0 spiro atoms. The highest BCUT2D eigenvalue weighted by Gasteiger charge is 2.87. The van der Waals surface area contributed by atoms with Crippen molar-refractivity contribution < 1.29 is 52.3 Å². The molecule has 0 aromatic heterocycles. The summed E-state index contributed by atoms with van der Waals surface area (Å²) in [4.78, 5) is 37.1. The van der Waals surface area contributed by atoms with Crippen LogP contribution in [0.5, 0.6) is 23.0 Å². The Morgan fingerprint density at radius 3 is 2.45 bits per heavy atom. The summed E-state index contributed by atoms with van der Waals surface area (Å²) in [7, 11) is 0. The fraction of sp³-hybridized carbons (Fsp3) is 0.400. The molecule has 0 bridgehead atoms. The van der Waals surface area contributed by atoms with Gasteiger partial charge >= 0.3 is 11.9 Å². The van der Waals surface area contributed by atoms with Crippen LogP contribution in [0.3, 0.4) is 0 Å². The lowest BCUT2D eigenvalue weighted by Crippen LogP contribution is -2.31. The molecule has 0 unspecified atom stereocenters. The van der Waals surface area contributed by atoms with E-state index in [-0.39, 0.29) is 56.6 Å². The van der Waals surface area contributed by atoms with Crippen molar-refractivity contribution >= 4 is 17.8 Å². The molecule has 12 heteroatoms. The number of benzene rings is 3. The summed E-state index contributed by atoms with van der Waals surface area (Å²) >= 11 is 0. The van der Waals surface area contributed by atoms with Crippen LogP contribution in [0.15, 0.2) is 54.6 Å². The van der Waals surface area contributed by atoms with E-state index in [9.17, 15) is 28.3 Å². The van der Waals surface area contributed by atoms with Crippen molar-refractivity contribution in [2.45, 2.75) is 61.9 Å². The largest absolute Gasteiger partial charge is 0.493 e. The smallest absolute Gasteiger partial charge is 0.303 e. The molecule has 0 atom stereocenters. The fourth-order valence-corrected chi connectivity index (χ4v) is 6.83. The van der Waals surface area contributed by atoms with Gasteiger partial charge in [0.1, 0.15) is 17.1 Å². The second-order valence-electron chi connectivity index (χ2n) is 12.7. The third-order valence-electron chi connectivity index (χ3n) is 9.46. The van der Waals surface area contributed by atoms with Crippen molar-refractivity contribution in [3.8, 4) is 34.1 Å². The Labute approximate surface area is 268 Å². The Morgan fingerprint density at radius 2 is 1.70 bits per heavy atom. The summed E-state index contributed by atoms with van der Waals surface area (Å²) in [5.41, 5.74) is 2.34. The summed E-state index contributed by atoms with van der Waals surface area (Å²) < 4.78 is 51.6. The molecule has 2 aliphatic carbocycles. The monoisotopic (exact) mass is 649 g/mol. The van der Waals surface area contributed by atoms with Gasteiger partial charge in [0.15, 0.2) is 11.5 Å². The lowest BCUT2D eigenvalue weighted by Gasteiger charge is -2.18. The maximum Gasteiger partial charge on any atom is 0.303 e. The van der Waals surface area contributed by atoms with Gasteiger partial charge in [-0.3, -0.25) is 14.4 Å². The highest BCUT2D eigenvalue weighted by atomic mass is 19.3. The zero-order valence-corrected chi connectivity index (χ0v) is 25.4. The number of aliphatic carboxylic acids is 2. The van der Waals surface area contributed by atoms with Crippen molar-refractivity contribution in [3.63, 3.8) is 0 Å². The van der Waals surface area contributed by atoms with E-state index < -0.39 is 35.9 Å². The number of halogens is 2. The molecule has 7 rings (SSSR count). The minimum absolute atomic E-state index is 0.0406. The van der Waals surface area contributed by atoms with Gasteiger partial charge in [0.2, 0.25) is 6.79 Å². The van der Waals surface area contributed by atoms with E-state index in [0.29, 0.717) is 47.8 Å². The summed E-state index contributed by atoms with van der Waals surface area (Å²) in [5, 5.41) is 18.4. The van der Waals surface area contributed by atoms with Gasteiger partial charge in [-0.2, -0.15) is 0 Å². The van der Waals surface area contributed by atoms with Crippen LogP contribution in [0.1, 0.15) is 60.0 Å². The second-order valence-corrected chi connectivity index (χ2v) is 12.7. The Balaban J connectivity index is 1.18. The maximum absolute atomic E-state index is 14.0. The van der Waals surface area contributed by atoms with Gasteiger partial charge in [0, 0.05) is 49.6 Å². The van der Waals surface area contributed by atoms with Crippen molar-refractivity contribution in [2.75, 3.05) is 26.5 Å². The van der Waals surface area contributed by atoms with Gasteiger partial charge in [-0.1, -0.05) is 18.2 Å². The van der Waals surface area contributed by atoms with Crippen LogP contribution in [0, 0.1) is 0 Å². The summed E-state index contributed by atoms with van der Waals surface area (Å²) in [6.45, 7) is -0.409. The minimum atomic E-state index is -2.93. The molecule has 246 valence electrons. The van der Waals surface area contributed by atoms with Crippen LogP contribution in [-0.4, -0.2) is 71.0 Å². The average Bonchev–Trinajstić information content (AvgIpc) is 3.62. The number of fused-ring (bicyclic) bond motifs is 2. The number of ether oxygens (including phenoxy) is 4. The number of carboxylic acid groups (broad SMARTS) is 2. The fourth-order valence-electron chi connectivity index (χ4n) is 6.83. The lowest BCUT2D eigenvalue weighted by molar-refractivity contribution is -0.138. The van der Waals surface area contributed by atoms with Gasteiger partial charge in [0.25, 0.3) is 11.8 Å². The first-order chi connectivity index (χ1) is 22.5. The standard InChI is InChI=1S/C35H33F2NO9/c36-35(37)10-11-38(19-35)32(43)23-13-22(21-6-8-28-29(16-21)46-20-45-28)14-24(15-23)47-34-17-33(34,18-34)26-3-1-4-27(25(26)7-9-31(41)42)44-12-2-5-30(39)40/h1,3-4,6,8,13-16H,2,5,7,9-12,17-20H2,(H,39,40)(H,41,42). The predicted molar refractivity (Wildman–Crippen MR) is 163 cm³/mol. The van der Waals surface area contributed by atoms with Gasteiger partial charge in [0.05, 0.1) is 13.2 Å². The molecule has 10 nitrogen and oxygen atoms in total. The molecular formula is C35H33F2NO9.